The van der Waals surface area contributed by atoms with Gasteiger partial charge in [-0.05, 0) is 33.1 Å². The van der Waals surface area contributed by atoms with Crippen LogP contribution in [0.25, 0.3) is 0 Å². The molecule has 0 amide bonds. The van der Waals surface area contributed by atoms with Gasteiger partial charge in [0.25, 0.3) is 6.10 Å². The standard InChI is InChI=1S/C18H20F6O6.CH3F/c1-4-15(2,3)12(25)28-9-7-5-8-10(9)29-13(26)16(8,6-7)14(27)30-11(17(19,20)21)18(22,23)24;1-2/h7-11H,4-6H2,1-3H3;1H3. The molecule has 0 aromatic rings. The normalized spacial score (nSPS) is 31.2. The van der Waals surface area contributed by atoms with Crippen LogP contribution in [0.1, 0.15) is 40.0 Å². The molecule has 184 valence electrons. The minimum Gasteiger partial charge on any atom is -0.458 e. The lowest BCUT2D eigenvalue weighted by atomic mass is 9.73. The first-order valence-corrected chi connectivity index (χ1v) is 9.70. The largest absolute Gasteiger partial charge is 0.458 e. The summed E-state index contributed by atoms with van der Waals surface area (Å²) >= 11 is 0. The molecule has 1 saturated heterocycles. The predicted octanol–water partition coefficient (Wildman–Crippen LogP) is 3.91. The highest BCUT2D eigenvalue weighted by atomic mass is 19.4. The number of carbonyl (C=O) groups excluding carboxylic acids is 3. The number of halogens is 7. The summed E-state index contributed by atoms with van der Waals surface area (Å²) in [5, 5.41) is 0. The minimum atomic E-state index is -5.89. The van der Waals surface area contributed by atoms with Gasteiger partial charge in [0, 0.05) is 11.8 Å². The van der Waals surface area contributed by atoms with E-state index in [2.05, 4.69) is 4.74 Å². The Balaban J connectivity index is 0.00000176. The monoisotopic (exact) mass is 480 g/mol. The molecular weight excluding hydrogens is 457 g/mol. The van der Waals surface area contributed by atoms with Crippen molar-refractivity contribution in [2.45, 2.75) is 70.7 Å². The second-order valence-corrected chi connectivity index (χ2v) is 8.62. The van der Waals surface area contributed by atoms with Crippen molar-refractivity contribution in [3.63, 3.8) is 0 Å². The number of hydrogen-bond donors (Lipinski definition) is 0. The van der Waals surface area contributed by atoms with Gasteiger partial charge in [-0.25, -0.2) is 0 Å². The summed E-state index contributed by atoms with van der Waals surface area (Å²) in [7, 11) is 0.500. The molecule has 1 heterocycles. The van der Waals surface area contributed by atoms with Gasteiger partial charge in [-0.1, -0.05) is 6.92 Å². The van der Waals surface area contributed by atoms with Crippen LogP contribution in [0.5, 0.6) is 0 Å². The van der Waals surface area contributed by atoms with E-state index >= 15 is 0 Å². The molecular formula is C19H23F7O6. The number of hydrogen-bond acceptors (Lipinski definition) is 6. The number of ether oxygens (including phenoxy) is 3. The van der Waals surface area contributed by atoms with Gasteiger partial charge in [0.15, 0.2) is 5.41 Å². The molecule has 0 aromatic heterocycles. The second-order valence-electron chi connectivity index (χ2n) is 8.62. The van der Waals surface area contributed by atoms with Crippen LogP contribution in [0.4, 0.5) is 30.7 Å². The third-order valence-electron chi connectivity index (χ3n) is 6.43. The molecule has 0 aromatic carbocycles. The van der Waals surface area contributed by atoms with Crippen molar-refractivity contribution in [2.75, 3.05) is 7.18 Å². The van der Waals surface area contributed by atoms with Crippen LogP contribution in [-0.4, -0.2) is 55.7 Å². The van der Waals surface area contributed by atoms with Gasteiger partial charge < -0.3 is 14.2 Å². The lowest BCUT2D eigenvalue weighted by Crippen LogP contribution is -2.51. The Hall–Kier alpha value is -2.08. The van der Waals surface area contributed by atoms with Crippen molar-refractivity contribution in [1.82, 2.24) is 0 Å². The SMILES string of the molecule is CCC(C)(C)C(=O)OC1C2CC3C1OC(=O)C3(C(=O)OC(C(F)(F)F)C(F)(F)F)C2.CF. The molecule has 2 saturated carbocycles. The minimum absolute atomic E-state index is 0.0821. The Morgan fingerprint density at radius 1 is 1.12 bits per heavy atom. The first kappa shape index (κ1) is 26.2. The summed E-state index contributed by atoms with van der Waals surface area (Å²) in [6.45, 7) is 5.04. The molecule has 1 aliphatic heterocycles. The molecule has 32 heavy (non-hydrogen) atoms. The Kier molecular flexibility index (Phi) is 6.84. The van der Waals surface area contributed by atoms with E-state index in [9.17, 15) is 45.1 Å². The molecule has 3 fully saturated rings. The highest BCUT2D eigenvalue weighted by molar-refractivity contribution is 6.03. The predicted molar refractivity (Wildman–Crippen MR) is 91.5 cm³/mol. The smallest absolute Gasteiger partial charge is 0.434 e. The summed E-state index contributed by atoms with van der Waals surface area (Å²) in [4.78, 5) is 37.2. The van der Waals surface area contributed by atoms with E-state index in [1.54, 1.807) is 20.8 Å². The number of alkyl halides is 7. The third-order valence-corrected chi connectivity index (χ3v) is 6.43. The lowest BCUT2D eigenvalue weighted by molar-refractivity contribution is -0.315. The fourth-order valence-corrected chi connectivity index (χ4v) is 4.39. The average molecular weight is 480 g/mol. The molecule has 6 nitrogen and oxygen atoms in total. The average Bonchev–Trinajstić information content (AvgIpc) is 3.28. The maximum absolute atomic E-state index is 12.8. The third kappa shape index (κ3) is 4.14. The van der Waals surface area contributed by atoms with Crippen LogP contribution in [-0.2, 0) is 28.6 Å². The number of fused-ring (bicyclic) bond motifs is 1. The molecule has 2 aliphatic carbocycles. The van der Waals surface area contributed by atoms with Gasteiger partial charge in [0.1, 0.15) is 12.2 Å². The van der Waals surface area contributed by atoms with E-state index in [1.165, 1.54) is 0 Å². The maximum atomic E-state index is 12.8. The second kappa shape index (κ2) is 8.36. The summed E-state index contributed by atoms with van der Waals surface area (Å²) in [5.74, 6) is -5.38. The Morgan fingerprint density at radius 2 is 1.66 bits per heavy atom. The van der Waals surface area contributed by atoms with Gasteiger partial charge in [0.2, 0.25) is 0 Å². The van der Waals surface area contributed by atoms with Crippen molar-refractivity contribution in [2.24, 2.45) is 22.7 Å². The van der Waals surface area contributed by atoms with E-state index in [4.69, 9.17) is 9.47 Å². The zero-order chi connectivity index (χ0) is 24.9. The molecule has 0 spiro atoms. The quantitative estimate of drug-likeness (QED) is 0.257. The van der Waals surface area contributed by atoms with Crippen LogP contribution < -0.4 is 0 Å². The van der Waals surface area contributed by atoms with Gasteiger partial charge in [-0.3, -0.25) is 18.8 Å². The summed E-state index contributed by atoms with van der Waals surface area (Å²) in [6.07, 6.45) is -18.0. The van der Waals surface area contributed by atoms with Crippen LogP contribution >= 0.6 is 0 Å². The summed E-state index contributed by atoms with van der Waals surface area (Å²) < 4.78 is 100. The Labute approximate surface area is 178 Å². The van der Waals surface area contributed by atoms with Crippen molar-refractivity contribution < 1.29 is 59.3 Å². The highest BCUT2D eigenvalue weighted by Crippen LogP contribution is 2.63. The zero-order valence-electron chi connectivity index (χ0n) is 17.6. The lowest BCUT2D eigenvalue weighted by Gasteiger charge is -2.33. The number of esters is 3. The molecule has 5 unspecified atom stereocenters. The summed E-state index contributed by atoms with van der Waals surface area (Å²) in [5.41, 5.74) is -3.10. The molecule has 3 aliphatic rings. The van der Waals surface area contributed by atoms with E-state index in [0.717, 1.165) is 0 Å². The van der Waals surface area contributed by atoms with Crippen molar-refractivity contribution in [3.8, 4) is 0 Å². The van der Waals surface area contributed by atoms with Crippen LogP contribution in [0, 0.1) is 22.7 Å². The van der Waals surface area contributed by atoms with E-state index < -0.39 is 77.7 Å². The summed E-state index contributed by atoms with van der Waals surface area (Å²) in [6, 6.07) is 0. The molecule has 0 N–H and O–H groups in total. The van der Waals surface area contributed by atoms with Gasteiger partial charge in [0.05, 0.1) is 12.6 Å². The number of carbonyl (C=O) groups is 3. The van der Waals surface area contributed by atoms with E-state index in [1.807, 2.05) is 0 Å². The van der Waals surface area contributed by atoms with Crippen LogP contribution in [0.15, 0.2) is 0 Å². The van der Waals surface area contributed by atoms with Crippen molar-refractivity contribution in [3.05, 3.63) is 0 Å². The zero-order valence-corrected chi connectivity index (χ0v) is 17.6. The maximum Gasteiger partial charge on any atom is 0.434 e. The fraction of sp³-hybridized carbons (Fsp3) is 0.842. The molecule has 13 heteroatoms. The van der Waals surface area contributed by atoms with Crippen LogP contribution in [0.3, 0.4) is 0 Å². The van der Waals surface area contributed by atoms with E-state index in [0.29, 0.717) is 13.6 Å². The number of rotatable bonds is 5. The highest BCUT2D eigenvalue weighted by Gasteiger charge is 2.76. The molecule has 3 rings (SSSR count). The fourth-order valence-electron chi connectivity index (χ4n) is 4.39. The first-order valence-electron chi connectivity index (χ1n) is 9.70. The van der Waals surface area contributed by atoms with Crippen LogP contribution in [0.2, 0.25) is 0 Å². The van der Waals surface area contributed by atoms with Gasteiger partial charge in [-0.15, -0.1) is 0 Å². The Morgan fingerprint density at radius 3 is 2.12 bits per heavy atom. The Bertz CT molecular complexity index is 748. The molecule has 0 radical (unpaired) electrons. The van der Waals surface area contributed by atoms with Gasteiger partial charge in [-0.2, -0.15) is 26.3 Å². The topological polar surface area (TPSA) is 78.9 Å². The van der Waals surface area contributed by atoms with Gasteiger partial charge >= 0.3 is 30.3 Å². The molecule has 5 atom stereocenters. The van der Waals surface area contributed by atoms with Crippen molar-refractivity contribution in [1.29, 1.82) is 0 Å². The molecule has 2 bridgehead atoms. The van der Waals surface area contributed by atoms with E-state index in [-0.39, 0.29) is 6.42 Å². The van der Waals surface area contributed by atoms with Crippen molar-refractivity contribution >= 4 is 17.9 Å². The first-order chi connectivity index (χ1) is 14.6.